The minimum atomic E-state index is -6.09. The summed E-state index contributed by atoms with van der Waals surface area (Å²) >= 11 is 0.875. The van der Waals surface area contributed by atoms with E-state index in [4.69, 9.17) is 10.5 Å². The Morgan fingerprint density at radius 1 is 1.06 bits per heavy atom. The summed E-state index contributed by atoms with van der Waals surface area (Å²) in [7, 11) is -6.09. The zero-order valence-corrected chi connectivity index (χ0v) is 18.8. The number of carbonyl (C=O) groups is 2. The Labute approximate surface area is 196 Å². The average Bonchev–Trinajstić information content (AvgIpc) is 2.81. The topological polar surface area (TPSA) is 116 Å². The molecule has 1 unspecified atom stereocenters. The van der Waals surface area contributed by atoms with Crippen molar-refractivity contribution in [2.45, 2.75) is 23.0 Å². The summed E-state index contributed by atoms with van der Waals surface area (Å²) in [5.41, 5.74) is 0.369. The van der Waals surface area contributed by atoms with Crippen LogP contribution in [0.1, 0.15) is 17.2 Å². The lowest BCUT2D eigenvalue weighted by molar-refractivity contribution is -0.153. The molecule has 180 valence electrons. The van der Waals surface area contributed by atoms with Gasteiger partial charge in [-0.2, -0.15) is 21.6 Å². The molecule has 0 saturated carbocycles. The van der Waals surface area contributed by atoms with Crippen LogP contribution in [0.2, 0.25) is 0 Å². The molecule has 0 radical (unpaired) electrons. The average molecular weight is 515 g/mol. The van der Waals surface area contributed by atoms with E-state index in [1.54, 1.807) is 60.7 Å². The van der Waals surface area contributed by atoms with Gasteiger partial charge in [-0.3, -0.25) is 9.69 Å². The van der Waals surface area contributed by atoms with E-state index >= 15 is 0 Å². The summed E-state index contributed by atoms with van der Waals surface area (Å²) in [4.78, 5) is 26.4. The highest BCUT2D eigenvalue weighted by Gasteiger charge is 2.55. The van der Waals surface area contributed by atoms with Crippen molar-refractivity contribution >= 4 is 33.8 Å². The van der Waals surface area contributed by atoms with E-state index < -0.39 is 62.2 Å². The van der Waals surface area contributed by atoms with Gasteiger partial charge in [-0.05, 0) is 11.1 Å². The number of thioether (sulfide) groups is 1. The van der Waals surface area contributed by atoms with Gasteiger partial charge < -0.3 is 14.7 Å². The van der Waals surface area contributed by atoms with Crippen LogP contribution in [0.3, 0.4) is 0 Å². The first-order chi connectivity index (χ1) is 16.0. The number of alkyl halides is 3. The second-order valence-electron chi connectivity index (χ2n) is 7.30. The third-order valence-corrected chi connectivity index (χ3v) is 7.35. The minimum Gasteiger partial charge on any atom is -0.448 e. The molecule has 2 N–H and O–H groups in total. The van der Waals surface area contributed by atoms with E-state index in [0.717, 1.165) is 16.7 Å². The molecular weight excluding hydrogens is 497 g/mol. The molecular formula is C21H17F3N2O6S2. The predicted molar refractivity (Wildman–Crippen MR) is 115 cm³/mol. The van der Waals surface area contributed by atoms with Gasteiger partial charge in [0.2, 0.25) is 5.91 Å². The number of rotatable bonds is 6. The monoisotopic (exact) mass is 514 g/mol. The molecule has 4 rings (SSSR count). The third-order valence-electron chi connectivity index (χ3n) is 5.09. The molecule has 8 nitrogen and oxygen atoms in total. The van der Waals surface area contributed by atoms with E-state index in [2.05, 4.69) is 4.18 Å². The van der Waals surface area contributed by atoms with Crippen molar-refractivity contribution in [2.75, 3.05) is 5.75 Å². The number of nitrogens with two attached hydrogens (primary N) is 1. The lowest BCUT2D eigenvalue weighted by atomic mass is 10.0. The second-order valence-corrected chi connectivity index (χ2v) is 9.94. The molecule has 13 heteroatoms. The number of halogens is 3. The summed E-state index contributed by atoms with van der Waals surface area (Å²) in [6, 6.07) is 16.0. The largest absolute Gasteiger partial charge is 0.534 e. The van der Waals surface area contributed by atoms with Crippen molar-refractivity contribution in [3.05, 3.63) is 83.2 Å². The molecule has 0 aliphatic carbocycles. The first-order valence-corrected chi connectivity index (χ1v) is 12.2. The smallest absolute Gasteiger partial charge is 0.448 e. The molecule has 2 aromatic carbocycles. The van der Waals surface area contributed by atoms with Crippen LogP contribution in [0.5, 0.6) is 0 Å². The fourth-order valence-electron chi connectivity index (χ4n) is 3.47. The molecule has 1 fully saturated rings. The van der Waals surface area contributed by atoms with Crippen LogP contribution in [0.4, 0.5) is 13.2 Å². The number of hydrogen-bond acceptors (Lipinski definition) is 8. The Morgan fingerprint density at radius 3 is 2.09 bits per heavy atom. The van der Waals surface area contributed by atoms with Crippen molar-refractivity contribution in [2.24, 2.45) is 5.73 Å². The van der Waals surface area contributed by atoms with Crippen LogP contribution < -0.4 is 5.73 Å². The minimum absolute atomic E-state index is 0.441. The maximum Gasteiger partial charge on any atom is 0.534 e. The lowest BCUT2D eigenvalue weighted by Crippen LogP contribution is -2.68. The molecule has 2 aliphatic heterocycles. The fraction of sp³-hybridized carbons (Fsp3) is 0.238. The first kappa shape index (κ1) is 24.1. The molecule has 0 spiro atoms. The van der Waals surface area contributed by atoms with Gasteiger partial charge in [-0.1, -0.05) is 60.7 Å². The van der Waals surface area contributed by atoms with E-state index in [9.17, 15) is 31.2 Å². The molecule has 2 atom stereocenters. The number of hydrogen-bond donors (Lipinski definition) is 1. The Morgan fingerprint density at radius 2 is 1.59 bits per heavy atom. The summed E-state index contributed by atoms with van der Waals surface area (Å²) in [5.74, 6) is -3.30. The number of fused-ring (bicyclic) bond motifs is 1. The molecule has 1 saturated heterocycles. The second kappa shape index (κ2) is 8.96. The summed E-state index contributed by atoms with van der Waals surface area (Å²) in [5, 5.41) is -0.775. The lowest BCUT2D eigenvalue weighted by Gasteiger charge is -2.47. The Bertz CT molecular complexity index is 1200. The quantitative estimate of drug-likeness (QED) is 0.271. The van der Waals surface area contributed by atoms with Gasteiger partial charge in [0.05, 0.1) is 5.75 Å². The van der Waals surface area contributed by atoms with E-state index in [-0.39, 0.29) is 0 Å². The van der Waals surface area contributed by atoms with E-state index in [1.165, 1.54) is 0 Å². The molecule has 1 amide bonds. The van der Waals surface area contributed by atoms with Gasteiger partial charge in [-0.15, -0.1) is 11.8 Å². The highest BCUT2D eigenvalue weighted by Crippen LogP contribution is 2.42. The standard InChI is InChI=1S/C21H17F3N2O6S2/c22-21(23,24)34(29,30)32-14-11-33-19-15(25)18(27)26(19)16(14)20(28)31-17(12-7-3-1-4-8-12)13-9-5-2-6-10-13/h1-10,15,17,19H,11,25H2/t15?,19-/m1/s1. The van der Waals surface area contributed by atoms with Crippen molar-refractivity contribution in [3.63, 3.8) is 0 Å². The van der Waals surface area contributed by atoms with Crippen LogP contribution >= 0.6 is 11.8 Å². The number of amides is 1. The summed E-state index contributed by atoms with van der Waals surface area (Å²) in [6.07, 6.45) is -0.999. The van der Waals surface area contributed by atoms with E-state index in [0.29, 0.717) is 11.1 Å². The fourth-order valence-corrected chi connectivity index (χ4v) is 5.24. The van der Waals surface area contributed by atoms with Crippen LogP contribution in [0, 0.1) is 0 Å². The molecule has 0 bridgehead atoms. The molecule has 0 aromatic heterocycles. The summed E-state index contributed by atoms with van der Waals surface area (Å²) in [6.45, 7) is 0. The van der Waals surface area contributed by atoms with Crippen molar-refractivity contribution in [1.82, 2.24) is 4.90 Å². The SMILES string of the molecule is NC1C(=O)N2C(C(=O)OC(c3ccccc3)c3ccccc3)=C(OS(=O)(=O)C(F)(F)F)CS[C@H]12. The third kappa shape index (κ3) is 4.38. The zero-order chi connectivity index (χ0) is 24.7. The Balaban J connectivity index is 1.75. The maximum absolute atomic E-state index is 13.3. The molecule has 2 aliphatic rings. The molecule has 2 heterocycles. The van der Waals surface area contributed by atoms with Crippen LogP contribution in [0.15, 0.2) is 72.1 Å². The number of β-lactam (4-membered cyclic amide) rings is 1. The van der Waals surface area contributed by atoms with Gasteiger partial charge in [0, 0.05) is 0 Å². The normalized spacial score (nSPS) is 20.6. The van der Waals surface area contributed by atoms with Crippen molar-refractivity contribution in [3.8, 4) is 0 Å². The number of carbonyl (C=O) groups excluding carboxylic acids is 2. The summed E-state index contributed by atoms with van der Waals surface area (Å²) < 4.78 is 72.0. The van der Waals surface area contributed by atoms with Gasteiger partial charge in [0.15, 0.2) is 17.6 Å². The highest BCUT2D eigenvalue weighted by molar-refractivity contribution is 8.00. The number of esters is 1. The zero-order valence-electron chi connectivity index (χ0n) is 17.1. The van der Waals surface area contributed by atoms with Gasteiger partial charge in [-0.25, -0.2) is 4.79 Å². The van der Waals surface area contributed by atoms with Crippen molar-refractivity contribution < 1.29 is 40.1 Å². The maximum atomic E-state index is 13.3. The van der Waals surface area contributed by atoms with Crippen LogP contribution in [-0.4, -0.2) is 47.9 Å². The van der Waals surface area contributed by atoms with Crippen LogP contribution in [0.25, 0.3) is 0 Å². The van der Waals surface area contributed by atoms with Crippen molar-refractivity contribution in [1.29, 1.82) is 0 Å². The number of ether oxygens (including phenoxy) is 1. The van der Waals surface area contributed by atoms with Gasteiger partial charge in [0.25, 0.3) is 0 Å². The van der Waals surface area contributed by atoms with Gasteiger partial charge in [0.1, 0.15) is 11.4 Å². The van der Waals surface area contributed by atoms with E-state index in [1.807, 2.05) is 0 Å². The number of nitrogens with zero attached hydrogens (tertiary/aromatic N) is 1. The molecule has 2 aromatic rings. The first-order valence-electron chi connectivity index (χ1n) is 9.76. The number of benzene rings is 2. The molecule has 34 heavy (non-hydrogen) atoms. The predicted octanol–water partition coefficient (Wildman–Crippen LogP) is 2.64. The van der Waals surface area contributed by atoms with Crippen LogP contribution in [-0.2, 0) is 28.6 Å². The van der Waals surface area contributed by atoms with Gasteiger partial charge >= 0.3 is 21.6 Å². The Hall–Kier alpha value is -3.03. The Kier molecular flexibility index (Phi) is 6.36. The highest BCUT2D eigenvalue weighted by atomic mass is 32.2.